The lowest BCUT2D eigenvalue weighted by atomic mass is 10.1. The van der Waals surface area contributed by atoms with E-state index < -0.39 is 11.8 Å². The molecule has 0 saturated carbocycles. The number of anilines is 2. The van der Waals surface area contributed by atoms with Gasteiger partial charge in [-0.05, 0) is 91.4 Å². The molecule has 5 heterocycles. The molecule has 62 heavy (non-hydrogen) atoms. The van der Waals surface area contributed by atoms with Gasteiger partial charge in [0.1, 0.15) is 40.5 Å². The topological polar surface area (TPSA) is 247 Å². The van der Waals surface area contributed by atoms with Gasteiger partial charge < -0.3 is 34.6 Å². The Labute approximate surface area is 356 Å². The van der Waals surface area contributed by atoms with E-state index in [1.165, 1.54) is 0 Å². The lowest BCUT2D eigenvalue weighted by Gasteiger charge is -2.27. The first-order valence-corrected chi connectivity index (χ1v) is 20.5. The average molecular weight is 847 g/mol. The number of benzene rings is 2. The van der Waals surface area contributed by atoms with Gasteiger partial charge in [0, 0.05) is 37.8 Å². The molecule has 0 bridgehead atoms. The van der Waals surface area contributed by atoms with E-state index in [9.17, 15) is 24.4 Å². The maximum atomic E-state index is 13.8. The third kappa shape index (κ3) is 8.93. The standard InChI is InChI=1S/C42H50N14O6/c1-7-54-31(15-24(3)50-54)39(59)48-41-46-30-19-27(38(44)58)20-34(61-14-10-12-45-35(57)22-52(5)6)36(30)53(41)13-9-11-28-23-62-33-18-26(21-43)17-29-37(33)56(28)42(47-29)49-40(60)32-16-25(4)51-55(32)8-2/h15-20,28H,7-14,22-23H2,1-6H3,(H2,44,58)(H,45,57)(H,46,48,59)(H,47,49,60)/t28-/m0/s1. The predicted octanol–water partition coefficient (Wildman–Crippen LogP) is 3.77. The molecule has 4 aromatic heterocycles. The summed E-state index contributed by atoms with van der Waals surface area (Å²) in [6.07, 6.45) is 1.48. The van der Waals surface area contributed by atoms with Crippen molar-refractivity contribution in [2.45, 2.75) is 72.6 Å². The van der Waals surface area contributed by atoms with E-state index in [1.54, 1.807) is 50.7 Å². The number of aryl methyl sites for hydroxylation is 5. The molecule has 0 radical (unpaired) electrons. The van der Waals surface area contributed by atoms with E-state index >= 15 is 0 Å². The van der Waals surface area contributed by atoms with Crippen LogP contribution < -0.4 is 31.2 Å². The van der Waals surface area contributed by atoms with Crippen LogP contribution in [0.15, 0.2) is 36.4 Å². The van der Waals surface area contributed by atoms with E-state index in [-0.39, 0.29) is 49.1 Å². The third-order valence-electron chi connectivity index (χ3n) is 10.4. The van der Waals surface area contributed by atoms with E-state index in [0.29, 0.717) is 113 Å². The first kappa shape index (κ1) is 42.8. The van der Waals surface area contributed by atoms with Gasteiger partial charge in [-0.25, -0.2) is 9.97 Å². The summed E-state index contributed by atoms with van der Waals surface area (Å²) in [7, 11) is 3.62. The Hall–Kier alpha value is -7.27. The molecule has 1 aliphatic heterocycles. The lowest BCUT2D eigenvalue weighted by Crippen LogP contribution is -2.34. The number of nitrogens with zero attached hydrogens (tertiary/aromatic N) is 10. The van der Waals surface area contributed by atoms with E-state index in [0.717, 1.165) is 0 Å². The smallest absolute Gasteiger partial charge is 0.276 e. The van der Waals surface area contributed by atoms with Crippen molar-refractivity contribution < 1.29 is 28.7 Å². The Morgan fingerprint density at radius 2 is 1.55 bits per heavy atom. The highest BCUT2D eigenvalue weighted by molar-refractivity contribution is 6.05. The highest BCUT2D eigenvalue weighted by atomic mass is 16.5. The van der Waals surface area contributed by atoms with Crippen LogP contribution in [0.4, 0.5) is 11.9 Å². The molecule has 4 amide bonds. The van der Waals surface area contributed by atoms with Crippen molar-refractivity contribution in [3.05, 3.63) is 70.3 Å². The summed E-state index contributed by atoms with van der Waals surface area (Å²) < 4.78 is 19.5. The number of rotatable bonds is 18. The second kappa shape index (κ2) is 18.1. The van der Waals surface area contributed by atoms with Crippen LogP contribution in [-0.2, 0) is 24.4 Å². The molecule has 1 aliphatic rings. The summed E-state index contributed by atoms with van der Waals surface area (Å²) in [6.45, 7) is 9.74. The van der Waals surface area contributed by atoms with Crippen LogP contribution in [-0.4, -0.2) is 108 Å². The lowest BCUT2D eigenvalue weighted by molar-refractivity contribution is -0.121. The van der Waals surface area contributed by atoms with Crippen molar-refractivity contribution in [1.82, 2.24) is 48.9 Å². The van der Waals surface area contributed by atoms with E-state index in [1.807, 2.05) is 50.9 Å². The normalized spacial score (nSPS) is 13.3. The van der Waals surface area contributed by atoms with Gasteiger partial charge in [0.15, 0.2) is 0 Å². The number of nitrogens with two attached hydrogens (primary N) is 1. The Morgan fingerprint density at radius 3 is 2.18 bits per heavy atom. The van der Waals surface area contributed by atoms with Gasteiger partial charge in [0.2, 0.25) is 23.7 Å². The monoisotopic (exact) mass is 846 g/mol. The fourth-order valence-corrected chi connectivity index (χ4v) is 7.66. The van der Waals surface area contributed by atoms with Crippen LogP contribution >= 0.6 is 0 Å². The number of fused-ring (bicyclic) bond motifs is 1. The fraction of sp³-hybridized carbons (Fsp3) is 0.405. The van der Waals surface area contributed by atoms with Gasteiger partial charge in [0.25, 0.3) is 11.8 Å². The Kier molecular flexibility index (Phi) is 12.5. The van der Waals surface area contributed by atoms with Crippen LogP contribution in [0.5, 0.6) is 11.5 Å². The summed E-state index contributed by atoms with van der Waals surface area (Å²) in [5, 5.41) is 27.4. The summed E-state index contributed by atoms with van der Waals surface area (Å²) in [6, 6.07) is 11.7. The highest BCUT2D eigenvalue weighted by Gasteiger charge is 2.30. The van der Waals surface area contributed by atoms with E-state index in [2.05, 4.69) is 32.2 Å². The maximum Gasteiger partial charge on any atom is 0.276 e. The van der Waals surface area contributed by atoms with Gasteiger partial charge in [-0.2, -0.15) is 15.5 Å². The molecule has 2 aromatic carbocycles. The summed E-state index contributed by atoms with van der Waals surface area (Å²) in [4.78, 5) is 63.6. The van der Waals surface area contributed by atoms with Crippen molar-refractivity contribution in [2.24, 2.45) is 5.73 Å². The summed E-state index contributed by atoms with van der Waals surface area (Å²) in [5.41, 5.74) is 10.5. The van der Waals surface area contributed by atoms with Crippen molar-refractivity contribution in [3.8, 4) is 17.6 Å². The minimum atomic E-state index is -0.682. The zero-order chi connectivity index (χ0) is 44.2. The number of ether oxygens (including phenoxy) is 2. The number of imidazole rings is 2. The van der Waals surface area contributed by atoms with Crippen LogP contribution in [0.1, 0.15) is 87.4 Å². The number of nitriles is 1. The second-order valence-electron chi connectivity index (χ2n) is 15.3. The van der Waals surface area contributed by atoms with Gasteiger partial charge >= 0.3 is 0 Å². The molecule has 20 heteroatoms. The number of carbonyl (C=O) groups is 4. The van der Waals surface area contributed by atoms with E-state index in [4.69, 9.17) is 25.2 Å². The Bertz CT molecular complexity index is 2730. The molecule has 5 N–H and O–H groups in total. The molecule has 20 nitrogen and oxygen atoms in total. The van der Waals surface area contributed by atoms with Gasteiger partial charge in [-0.1, -0.05) is 0 Å². The van der Waals surface area contributed by atoms with Crippen LogP contribution in [0.25, 0.3) is 22.1 Å². The van der Waals surface area contributed by atoms with Crippen LogP contribution in [0.3, 0.4) is 0 Å². The van der Waals surface area contributed by atoms with Gasteiger partial charge in [0.05, 0.1) is 53.2 Å². The summed E-state index contributed by atoms with van der Waals surface area (Å²) >= 11 is 0. The first-order chi connectivity index (χ1) is 29.8. The average Bonchev–Trinajstić information content (AvgIpc) is 4.00. The van der Waals surface area contributed by atoms with Crippen molar-refractivity contribution in [1.29, 1.82) is 5.26 Å². The molecule has 324 valence electrons. The molecule has 0 fully saturated rings. The fourth-order valence-electron chi connectivity index (χ4n) is 7.66. The molecule has 0 aliphatic carbocycles. The molecule has 0 spiro atoms. The largest absolute Gasteiger partial charge is 0.491 e. The Balaban J connectivity index is 1.21. The molecule has 1 atom stereocenters. The number of primary amides is 1. The third-order valence-corrected chi connectivity index (χ3v) is 10.4. The highest BCUT2D eigenvalue weighted by Crippen LogP contribution is 2.39. The minimum absolute atomic E-state index is 0.116. The second-order valence-corrected chi connectivity index (χ2v) is 15.3. The predicted molar refractivity (Wildman–Crippen MR) is 229 cm³/mol. The SMILES string of the molecule is CCn1nc(C)cc1C(=O)Nc1nc2cc(C(N)=O)cc(OCCCNC(=O)CN(C)C)c2n1CCC[C@H]1COc2cc(C#N)cc3nc(NC(=O)c4cc(C)nn4CC)n1c23. The number of nitrogens with one attached hydrogen (secondary N) is 3. The number of hydrogen-bond acceptors (Lipinski definition) is 12. The van der Waals surface area contributed by atoms with Crippen molar-refractivity contribution in [3.63, 3.8) is 0 Å². The quantitative estimate of drug-likeness (QED) is 0.0904. The van der Waals surface area contributed by atoms with Crippen molar-refractivity contribution >= 4 is 57.6 Å². The number of hydrogen-bond donors (Lipinski definition) is 4. The van der Waals surface area contributed by atoms with Gasteiger partial charge in [-0.3, -0.25) is 39.2 Å². The molecule has 6 aromatic rings. The molecular formula is C42H50N14O6. The van der Waals surface area contributed by atoms with Crippen molar-refractivity contribution in [2.75, 3.05) is 51.0 Å². The molecular weight excluding hydrogens is 797 g/mol. The molecule has 0 saturated heterocycles. The first-order valence-electron chi connectivity index (χ1n) is 20.5. The maximum absolute atomic E-state index is 13.8. The number of likely N-dealkylation sites (N-methyl/N-ethyl adjacent to an activating group) is 1. The molecule has 7 rings (SSSR count). The number of aromatic nitrogens is 8. The van der Waals surface area contributed by atoms with Crippen LogP contribution in [0, 0.1) is 25.2 Å². The Morgan fingerprint density at radius 1 is 0.903 bits per heavy atom. The van der Waals surface area contributed by atoms with Gasteiger partial charge in [-0.15, -0.1) is 0 Å². The summed E-state index contributed by atoms with van der Waals surface area (Å²) in [5.74, 6) is -0.288. The zero-order valence-electron chi connectivity index (χ0n) is 35.6. The minimum Gasteiger partial charge on any atom is -0.491 e. The number of carbonyl (C=O) groups excluding carboxylic acids is 4. The number of amides is 4. The molecule has 0 unspecified atom stereocenters. The zero-order valence-corrected chi connectivity index (χ0v) is 35.6. The van der Waals surface area contributed by atoms with Crippen LogP contribution in [0.2, 0.25) is 0 Å².